The topological polar surface area (TPSA) is 32.8 Å². The van der Waals surface area contributed by atoms with E-state index < -0.39 is 23.9 Å². The first-order chi connectivity index (χ1) is 9.34. The third-order valence-corrected chi connectivity index (χ3v) is 4.01. The summed E-state index contributed by atoms with van der Waals surface area (Å²) < 4.78 is 44.0. The van der Waals surface area contributed by atoms with Gasteiger partial charge >= 0.3 is 12.1 Å². The Hall–Kier alpha value is -1.40. The summed E-state index contributed by atoms with van der Waals surface area (Å²) in [6.45, 7) is 1.64. The van der Waals surface area contributed by atoms with Gasteiger partial charge in [-0.1, -0.05) is 12.8 Å². The van der Waals surface area contributed by atoms with E-state index in [0.717, 1.165) is 31.9 Å². The van der Waals surface area contributed by atoms with E-state index in [2.05, 4.69) is 4.74 Å². The van der Waals surface area contributed by atoms with Gasteiger partial charge in [0.05, 0.1) is 13.8 Å². The molecule has 1 fully saturated rings. The minimum Gasteiger partial charge on any atom is -0.467 e. The van der Waals surface area contributed by atoms with Crippen LogP contribution in [0.25, 0.3) is 0 Å². The fraction of sp³-hybridized carbons (Fsp3) is 0.769. The molecule has 114 valence electrons. The number of carbonyl (C=O) groups is 1. The first-order valence-electron chi connectivity index (χ1n) is 6.74. The van der Waals surface area contributed by atoms with Gasteiger partial charge in [-0.05, 0) is 19.8 Å². The maximum atomic E-state index is 13.1. The first-order valence-corrected chi connectivity index (χ1v) is 6.74. The van der Waals surface area contributed by atoms with Crippen molar-refractivity contribution in [2.24, 2.45) is 0 Å². The second-order valence-electron chi connectivity index (χ2n) is 5.27. The van der Waals surface area contributed by atoms with E-state index in [4.69, 9.17) is 0 Å². The molecule has 0 amide bonds. The van der Waals surface area contributed by atoms with Crippen molar-refractivity contribution >= 4 is 5.97 Å². The van der Waals surface area contributed by atoms with Crippen molar-refractivity contribution in [3.05, 3.63) is 11.9 Å². The number of alkyl halides is 3. The van der Waals surface area contributed by atoms with Crippen LogP contribution in [0.4, 0.5) is 13.2 Å². The van der Waals surface area contributed by atoms with Crippen molar-refractivity contribution in [3.63, 3.8) is 0 Å². The predicted molar refractivity (Wildman–Crippen MR) is 66.4 cm³/mol. The Morgan fingerprint density at radius 1 is 1.40 bits per heavy atom. The lowest BCUT2D eigenvalue weighted by Gasteiger charge is -2.31. The van der Waals surface area contributed by atoms with Crippen molar-refractivity contribution in [3.8, 4) is 0 Å². The predicted octanol–water partition coefficient (Wildman–Crippen LogP) is 2.47. The Morgan fingerprint density at radius 2 is 2.00 bits per heavy atom. The third kappa shape index (κ3) is 2.86. The summed E-state index contributed by atoms with van der Waals surface area (Å²) in [6.07, 6.45) is 0.104. The quantitative estimate of drug-likeness (QED) is 0.748. The molecule has 1 heterocycles. The summed E-state index contributed by atoms with van der Waals surface area (Å²) in [5.74, 6) is -0.531. The lowest BCUT2D eigenvalue weighted by atomic mass is 10.2. The zero-order chi connectivity index (χ0) is 14.9. The molecule has 0 aromatic carbocycles. The van der Waals surface area contributed by atoms with Gasteiger partial charge in [0.25, 0.3) is 0 Å². The minimum absolute atomic E-state index is 0.0854. The Labute approximate surface area is 116 Å². The second-order valence-corrected chi connectivity index (χ2v) is 5.27. The van der Waals surface area contributed by atoms with Gasteiger partial charge in [0.1, 0.15) is 11.7 Å². The SMILES string of the molecule is COC(=O)[C@H](C)N1C=C(C(F)(F)F)N(C2CCCC2)C1. The van der Waals surface area contributed by atoms with Gasteiger partial charge in [-0.25, -0.2) is 4.79 Å². The number of carbonyl (C=O) groups excluding carboxylic acids is 1. The van der Waals surface area contributed by atoms with Crippen LogP contribution < -0.4 is 0 Å². The molecule has 0 saturated heterocycles. The molecule has 0 aromatic heterocycles. The average molecular weight is 292 g/mol. The van der Waals surface area contributed by atoms with Gasteiger partial charge in [0.2, 0.25) is 0 Å². The number of allylic oxidation sites excluding steroid dienone is 1. The lowest BCUT2D eigenvalue weighted by Crippen LogP contribution is -2.42. The van der Waals surface area contributed by atoms with Gasteiger partial charge in [-0.2, -0.15) is 13.2 Å². The van der Waals surface area contributed by atoms with E-state index in [1.54, 1.807) is 6.92 Å². The Bertz CT molecular complexity index is 403. The molecule has 2 aliphatic rings. The molecule has 0 unspecified atom stereocenters. The van der Waals surface area contributed by atoms with E-state index in [9.17, 15) is 18.0 Å². The number of nitrogens with zero attached hydrogens (tertiary/aromatic N) is 2. The number of methoxy groups -OCH3 is 1. The normalized spacial score (nSPS) is 22.1. The number of esters is 1. The van der Waals surface area contributed by atoms with Crippen molar-refractivity contribution in [1.29, 1.82) is 0 Å². The van der Waals surface area contributed by atoms with E-state index in [1.165, 1.54) is 16.9 Å². The maximum absolute atomic E-state index is 13.1. The van der Waals surface area contributed by atoms with Gasteiger partial charge in [-0.15, -0.1) is 0 Å². The van der Waals surface area contributed by atoms with Crippen LogP contribution in [0.15, 0.2) is 11.9 Å². The molecule has 0 spiro atoms. The van der Waals surface area contributed by atoms with E-state index in [-0.39, 0.29) is 12.7 Å². The number of rotatable bonds is 3. The van der Waals surface area contributed by atoms with Crippen LogP contribution in [0.5, 0.6) is 0 Å². The van der Waals surface area contributed by atoms with Crippen LogP contribution in [0, 0.1) is 0 Å². The molecular weight excluding hydrogens is 273 g/mol. The van der Waals surface area contributed by atoms with Gasteiger partial charge in [0.15, 0.2) is 0 Å². The molecule has 0 aromatic rings. The fourth-order valence-corrected chi connectivity index (χ4v) is 2.83. The van der Waals surface area contributed by atoms with Crippen molar-refractivity contribution < 1.29 is 22.7 Å². The highest BCUT2D eigenvalue weighted by atomic mass is 19.4. The molecule has 4 nitrogen and oxygen atoms in total. The van der Waals surface area contributed by atoms with Gasteiger partial charge < -0.3 is 14.5 Å². The van der Waals surface area contributed by atoms with E-state index in [0.29, 0.717) is 0 Å². The summed E-state index contributed by atoms with van der Waals surface area (Å²) >= 11 is 0. The fourth-order valence-electron chi connectivity index (χ4n) is 2.83. The molecular formula is C13H19F3N2O2. The number of ether oxygens (including phenoxy) is 1. The largest absolute Gasteiger partial charge is 0.467 e. The second kappa shape index (κ2) is 5.54. The molecule has 0 radical (unpaired) electrons. The molecule has 2 rings (SSSR count). The van der Waals surface area contributed by atoms with Crippen LogP contribution in [0.2, 0.25) is 0 Å². The number of halogens is 3. The van der Waals surface area contributed by atoms with E-state index in [1.807, 2.05) is 0 Å². The summed E-state index contributed by atoms with van der Waals surface area (Å²) in [5, 5.41) is 0. The first kappa shape index (κ1) is 15.0. The molecule has 1 aliphatic carbocycles. The smallest absolute Gasteiger partial charge is 0.432 e. The zero-order valence-corrected chi connectivity index (χ0v) is 11.6. The Balaban J connectivity index is 2.19. The highest BCUT2D eigenvalue weighted by molar-refractivity contribution is 5.75. The molecule has 1 aliphatic heterocycles. The summed E-state index contributed by atoms with van der Waals surface area (Å²) in [6, 6.07) is -0.804. The maximum Gasteiger partial charge on any atom is 0.432 e. The molecule has 1 saturated carbocycles. The van der Waals surface area contributed by atoms with Crippen LogP contribution >= 0.6 is 0 Å². The molecule has 1 atom stereocenters. The van der Waals surface area contributed by atoms with Crippen LogP contribution in [-0.2, 0) is 9.53 Å². The minimum atomic E-state index is -4.40. The molecule has 0 bridgehead atoms. The standard InChI is InChI=1S/C13H19F3N2O2/c1-9(12(19)20-2)17-7-11(13(14,15)16)18(8-17)10-5-3-4-6-10/h7,9-10H,3-6,8H2,1-2H3/t9-/m0/s1. The summed E-state index contributed by atoms with van der Waals surface area (Å²) in [4.78, 5) is 14.3. The lowest BCUT2D eigenvalue weighted by molar-refractivity contribution is -0.145. The zero-order valence-electron chi connectivity index (χ0n) is 11.6. The molecule has 7 heteroatoms. The highest BCUT2D eigenvalue weighted by Crippen LogP contribution is 2.38. The third-order valence-electron chi connectivity index (χ3n) is 4.01. The Morgan fingerprint density at radius 3 is 2.50 bits per heavy atom. The van der Waals surface area contributed by atoms with Crippen molar-refractivity contribution in [2.75, 3.05) is 13.8 Å². The Kier molecular flexibility index (Phi) is 4.15. The van der Waals surface area contributed by atoms with Gasteiger partial charge in [-0.3, -0.25) is 0 Å². The van der Waals surface area contributed by atoms with Crippen molar-refractivity contribution in [1.82, 2.24) is 9.80 Å². The molecule has 0 N–H and O–H groups in total. The summed E-state index contributed by atoms with van der Waals surface area (Å²) in [7, 11) is 1.23. The van der Waals surface area contributed by atoms with Crippen molar-refractivity contribution in [2.45, 2.75) is 50.9 Å². The highest BCUT2D eigenvalue weighted by Gasteiger charge is 2.45. The number of hydrogen-bond acceptors (Lipinski definition) is 4. The van der Waals surface area contributed by atoms with E-state index >= 15 is 0 Å². The summed E-state index contributed by atoms with van der Waals surface area (Å²) in [5.41, 5.74) is -0.653. The van der Waals surface area contributed by atoms with Crippen LogP contribution in [0.3, 0.4) is 0 Å². The molecule has 20 heavy (non-hydrogen) atoms. The number of hydrogen-bond donors (Lipinski definition) is 0. The van der Waals surface area contributed by atoms with Crippen LogP contribution in [0.1, 0.15) is 32.6 Å². The monoisotopic (exact) mass is 292 g/mol. The van der Waals surface area contributed by atoms with Gasteiger partial charge in [0, 0.05) is 12.2 Å². The van der Waals surface area contributed by atoms with Crippen LogP contribution in [-0.4, -0.2) is 47.8 Å². The average Bonchev–Trinajstić information content (AvgIpc) is 3.03.